The number of hydrogen-bond acceptors (Lipinski definition) is 9. The Kier molecular flexibility index (Phi) is 7.66. The van der Waals surface area contributed by atoms with Crippen molar-refractivity contribution in [1.29, 1.82) is 0 Å². The Bertz CT molecular complexity index is 180. The minimum absolute atomic E-state index is 0.0302. The van der Waals surface area contributed by atoms with Crippen LogP contribution in [-0.4, -0.2) is 58.0 Å². The summed E-state index contributed by atoms with van der Waals surface area (Å²) in [5.74, 6) is 0. The molecule has 0 spiro atoms. The van der Waals surface area contributed by atoms with Crippen molar-refractivity contribution >= 4 is 0 Å². The highest BCUT2D eigenvalue weighted by Crippen LogP contribution is 1.99. The Balaban J connectivity index is 3.98. The fraction of sp³-hybridized carbons (Fsp3) is 1.00. The maximum Gasteiger partial charge on any atom is 0.153 e. The van der Waals surface area contributed by atoms with Crippen molar-refractivity contribution in [2.75, 3.05) is 6.54 Å². The second kappa shape index (κ2) is 7.84. The molecule has 0 aromatic carbocycles. The minimum Gasteiger partial charge on any atom is -0.377 e. The van der Waals surface area contributed by atoms with Crippen LogP contribution in [0.1, 0.15) is 6.42 Å². The molecule has 3 atom stereocenters. The first-order valence-corrected chi connectivity index (χ1v) is 4.81. The van der Waals surface area contributed by atoms with Crippen LogP contribution in [0.2, 0.25) is 0 Å². The van der Waals surface area contributed by atoms with Gasteiger partial charge in [0.25, 0.3) is 0 Å². The summed E-state index contributed by atoms with van der Waals surface area (Å²) in [7, 11) is 0. The number of aliphatic hydroxyl groups excluding tert-OH is 3. The van der Waals surface area contributed by atoms with Gasteiger partial charge in [-0.1, -0.05) is 0 Å². The zero-order valence-corrected chi connectivity index (χ0v) is 8.82. The largest absolute Gasteiger partial charge is 0.377 e. The number of rotatable bonds is 8. The van der Waals surface area contributed by atoms with Gasteiger partial charge in [-0.25, -0.2) is 0 Å². The highest BCUT2D eigenvalue weighted by atomic mass is 16.5. The quantitative estimate of drug-likeness (QED) is 0.187. The van der Waals surface area contributed by atoms with Crippen molar-refractivity contribution in [3.05, 3.63) is 0 Å². The molecular weight excluding hydrogens is 218 g/mol. The summed E-state index contributed by atoms with van der Waals surface area (Å²) in [6.45, 7) is 0.0302. The van der Waals surface area contributed by atoms with Crippen LogP contribution < -0.4 is 27.8 Å². The van der Waals surface area contributed by atoms with Crippen molar-refractivity contribution in [3.63, 3.8) is 0 Å². The summed E-state index contributed by atoms with van der Waals surface area (Å²) in [4.78, 5) is 0. The van der Waals surface area contributed by atoms with Gasteiger partial charge in [0.1, 0.15) is 18.7 Å². The van der Waals surface area contributed by atoms with E-state index in [4.69, 9.17) is 32.5 Å². The summed E-state index contributed by atoms with van der Waals surface area (Å²) in [6, 6.07) is -0.856. The third-order valence-electron chi connectivity index (χ3n) is 1.83. The molecule has 0 aromatic heterocycles. The molecule has 0 saturated heterocycles. The Morgan fingerprint density at radius 1 is 1.00 bits per heavy atom. The van der Waals surface area contributed by atoms with Crippen molar-refractivity contribution < 1.29 is 20.4 Å². The molecule has 98 valence electrons. The van der Waals surface area contributed by atoms with Crippen LogP contribution in [0.25, 0.3) is 0 Å². The topological polar surface area (TPSA) is 183 Å². The van der Waals surface area contributed by atoms with E-state index in [-0.39, 0.29) is 13.0 Å². The van der Waals surface area contributed by atoms with Crippen LogP contribution in [-0.2, 0) is 0 Å². The van der Waals surface area contributed by atoms with Crippen molar-refractivity contribution in [2.24, 2.45) is 17.2 Å². The normalized spacial score (nSPS) is 17.8. The molecule has 0 fully saturated rings. The van der Waals surface area contributed by atoms with E-state index in [9.17, 15) is 5.11 Å². The van der Waals surface area contributed by atoms with Gasteiger partial charge in [-0.15, -0.1) is 0 Å². The van der Waals surface area contributed by atoms with E-state index in [1.165, 1.54) is 0 Å². The predicted octanol–water partition coefficient (Wildman–Crippen LogP) is -4.97. The molecule has 0 aromatic rings. The van der Waals surface area contributed by atoms with E-state index in [2.05, 4.69) is 10.6 Å². The molecule has 0 saturated carbocycles. The summed E-state index contributed by atoms with van der Waals surface area (Å²) < 4.78 is 0. The molecule has 0 heterocycles. The fourth-order valence-electron chi connectivity index (χ4n) is 1.09. The van der Waals surface area contributed by atoms with Crippen LogP contribution in [0, 0.1) is 0 Å². The van der Waals surface area contributed by atoms with E-state index in [1.807, 2.05) is 0 Å². The van der Waals surface area contributed by atoms with E-state index < -0.39 is 31.1 Å². The number of hydrogen-bond donors (Lipinski definition) is 9. The molecule has 0 radical (unpaired) electrons. The summed E-state index contributed by atoms with van der Waals surface area (Å²) in [5, 5.41) is 41.0. The fourth-order valence-corrected chi connectivity index (χ4v) is 1.09. The van der Waals surface area contributed by atoms with Crippen LogP contribution in [0.5, 0.6) is 0 Å². The zero-order valence-electron chi connectivity index (χ0n) is 8.82. The van der Waals surface area contributed by atoms with E-state index in [0.29, 0.717) is 0 Å². The lowest BCUT2D eigenvalue weighted by atomic mass is 10.1. The molecule has 12 N–H and O–H groups in total. The van der Waals surface area contributed by atoms with Gasteiger partial charge < -0.3 is 37.6 Å². The molecule has 0 rings (SSSR count). The van der Waals surface area contributed by atoms with Gasteiger partial charge in [-0.2, -0.15) is 0 Å². The average Bonchev–Trinajstić information content (AvgIpc) is 2.12. The first kappa shape index (κ1) is 15.6. The summed E-state index contributed by atoms with van der Waals surface area (Å²) in [5.41, 5.74) is 15.6. The standard InChI is InChI=1S/C7H21N5O4/c8-6(16)3(1-5(14)15)12-4(13)2-11-7(9)10/h3-7,11-16H,1-2,8-10H2. The van der Waals surface area contributed by atoms with Crippen LogP contribution in [0.15, 0.2) is 0 Å². The van der Waals surface area contributed by atoms with Crippen LogP contribution >= 0.6 is 0 Å². The lowest BCUT2D eigenvalue weighted by Gasteiger charge is -2.25. The van der Waals surface area contributed by atoms with Crippen molar-refractivity contribution in [1.82, 2.24) is 10.6 Å². The van der Waals surface area contributed by atoms with Gasteiger partial charge in [0, 0.05) is 13.0 Å². The third kappa shape index (κ3) is 7.87. The van der Waals surface area contributed by atoms with E-state index in [1.54, 1.807) is 0 Å². The van der Waals surface area contributed by atoms with Gasteiger partial charge in [0.15, 0.2) is 6.29 Å². The lowest BCUT2D eigenvalue weighted by Crippen LogP contribution is -2.56. The maximum atomic E-state index is 9.42. The van der Waals surface area contributed by atoms with E-state index >= 15 is 0 Å². The highest BCUT2D eigenvalue weighted by Gasteiger charge is 2.21. The second-order valence-electron chi connectivity index (χ2n) is 3.43. The third-order valence-corrected chi connectivity index (χ3v) is 1.83. The Morgan fingerprint density at radius 2 is 1.56 bits per heavy atom. The van der Waals surface area contributed by atoms with Crippen molar-refractivity contribution in [3.8, 4) is 0 Å². The number of nitrogens with two attached hydrogens (primary N) is 3. The van der Waals surface area contributed by atoms with Gasteiger partial charge in [-0.3, -0.25) is 10.6 Å². The van der Waals surface area contributed by atoms with Crippen molar-refractivity contribution in [2.45, 2.75) is 37.5 Å². The number of nitrogens with one attached hydrogen (secondary N) is 2. The summed E-state index contributed by atoms with van der Waals surface area (Å²) in [6.07, 6.45) is -5.03. The Hall–Kier alpha value is -0.360. The van der Waals surface area contributed by atoms with Gasteiger partial charge in [0.2, 0.25) is 0 Å². The highest BCUT2D eigenvalue weighted by molar-refractivity contribution is 4.74. The van der Waals surface area contributed by atoms with Crippen LogP contribution in [0.3, 0.4) is 0 Å². The number of aliphatic hydroxyl groups is 4. The molecule has 9 heteroatoms. The monoisotopic (exact) mass is 239 g/mol. The SMILES string of the molecule is NC(N)NCC(O)NC(CC(O)O)C(N)O. The van der Waals surface area contributed by atoms with Crippen LogP contribution in [0.4, 0.5) is 0 Å². The molecule has 0 bridgehead atoms. The summed E-state index contributed by atoms with van der Waals surface area (Å²) >= 11 is 0. The molecule has 0 aliphatic rings. The Morgan fingerprint density at radius 3 is 1.94 bits per heavy atom. The first-order valence-electron chi connectivity index (χ1n) is 4.81. The molecule has 0 amide bonds. The lowest BCUT2D eigenvalue weighted by molar-refractivity contribution is -0.0666. The van der Waals surface area contributed by atoms with Gasteiger partial charge in [-0.05, 0) is 0 Å². The molecule has 3 unspecified atom stereocenters. The maximum absolute atomic E-state index is 9.42. The molecule has 9 nitrogen and oxygen atoms in total. The van der Waals surface area contributed by atoms with Gasteiger partial charge >= 0.3 is 0 Å². The zero-order chi connectivity index (χ0) is 12.7. The smallest absolute Gasteiger partial charge is 0.153 e. The molecule has 0 aliphatic heterocycles. The predicted molar refractivity (Wildman–Crippen MR) is 56.1 cm³/mol. The molecular formula is C7H21N5O4. The second-order valence-corrected chi connectivity index (χ2v) is 3.43. The minimum atomic E-state index is -1.63. The van der Waals surface area contributed by atoms with Gasteiger partial charge in [0.05, 0.1) is 6.04 Å². The molecule has 0 aliphatic carbocycles. The van der Waals surface area contributed by atoms with E-state index in [0.717, 1.165) is 0 Å². The molecule has 16 heavy (non-hydrogen) atoms. The average molecular weight is 239 g/mol. The Labute approximate surface area is 93.2 Å². The first-order chi connectivity index (χ1) is 7.32.